The van der Waals surface area contributed by atoms with Gasteiger partial charge in [-0.3, -0.25) is 0 Å². The highest BCUT2D eigenvalue weighted by molar-refractivity contribution is 6.29. The van der Waals surface area contributed by atoms with E-state index in [1.165, 1.54) is 6.92 Å². The topological polar surface area (TPSA) is 598 Å². The first kappa shape index (κ1) is 68.8. The molecule has 0 spiro atoms. The van der Waals surface area contributed by atoms with Crippen LogP contribution in [-0.4, -0.2) is 180 Å². The summed E-state index contributed by atoms with van der Waals surface area (Å²) in [6.07, 6.45) is 9.89. The molecule has 1 atom stereocenters. The molecule has 1 unspecified atom stereocenters. The van der Waals surface area contributed by atoms with Crippen molar-refractivity contribution in [3.63, 3.8) is 0 Å². The van der Waals surface area contributed by atoms with Crippen molar-refractivity contribution < 1.29 is 167 Å². The molecule has 0 amide bonds. The Balaban J connectivity index is 2.62. The number of carboxylic acid groups (broad SMARTS) is 13. The molecule has 0 aliphatic rings. The molecule has 34 heteroatoms. The minimum absolute atomic E-state index is 0.157. The first-order chi connectivity index (χ1) is 40.0. The van der Waals surface area contributed by atoms with Gasteiger partial charge in [0.25, 0.3) is 0 Å². The smallest absolute Gasteiger partial charge is 0.347 e. The lowest BCUT2D eigenvalue weighted by atomic mass is 9.85. The van der Waals surface area contributed by atoms with Crippen molar-refractivity contribution in [1.82, 2.24) is 0 Å². The van der Waals surface area contributed by atoms with Crippen LogP contribution < -0.4 is 0 Å². The standard InChI is InChI=1S/C52H46O34/c1-3-4-5-6-7-8-9-10-11-12-13-14-16(2)15-84-48(79)32-28(46(75)76)23(41(65)66)29(47(77)78)33(51(82)85-49(80)30-24(42(67)68)19(37(57)58)17(35(53)54)20(38(59)60)25(30)43(69)70)34(32)52(83)86-50(81)31-26(44(71)72)21(39(61)62)18(36(55)56)22(40(63)64)27(31)45(73)74/h16H,3-15H2,1-2H3,(H,53,54)(H,55,56)(H,57,58)(H,59,60)(H,61,62)(H,63,64)(H,65,66)(H,67,68)(H,69,70)(H,71,72)(H,73,74)(H,75,76)(H,77,78). The van der Waals surface area contributed by atoms with Crippen LogP contribution in [0.5, 0.6) is 0 Å². The van der Waals surface area contributed by atoms with Crippen LogP contribution in [0.15, 0.2) is 0 Å². The zero-order chi connectivity index (χ0) is 65.7. The second-order valence-electron chi connectivity index (χ2n) is 18.1. The zero-order valence-electron chi connectivity index (χ0n) is 44.2. The van der Waals surface area contributed by atoms with Crippen LogP contribution in [0.2, 0.25) is 0 Å². The number of benzene rings is 3. The SMILES string of the molecule is CCCCCCCCCCCCCC(C)COC(=O)c1c(C(=O)O)c(C(=O)O)c(C(=O)O)c(C(=O)OC(=O)c2c(C(=O)O)c(C(=O)O)c(C(=O)O)c(C(=O)O)c2C(=O)O)c1C(=O)OC(=O)c1c(C(=O)O)c(C(=O)O)c(C(=O)O)c(C(=O)O)c1C(=O)O. The van der Waals surface area contributed by atoms with E-state index in [4.69, 9.17) is 4.74 Å². The molecule has 0 aliphatic carbocycles. The molecule has 0 aromatic heterocycles. The van der Waals surface area contributed by atoms with E-state index >= 15 is 0 Å². The van der Waals surface area contributed by atoms with Crippen molar-refractivity contribution in [2.24, 2.45) is 5.92 Å². The average Bonchev–Trinajstić information content (AvgIpc) is 0.766. The second kappa shape index (κ2) is 29.0. The van der Waals surface area contributed by atoms with E-state index in [1.54, 1.807) is 0 Å². The van der Waals surface area contributed by atoms with Crippen LogP contribution in [-0.2, 0) is 14.2 Å². The van der Waals surface area contributed by atoms with Gasteiger partial charge in [-0.1, -0.05) is 84.5 Å². The van der Waals surface area contributed by atoms with Crippen LogP contribution in [0, 0.1) is 5.92 Å². The summed E-state index contributed by atoms with van der Waals surface area (Å²) in [5, 5.41) is 131. The van der Waals surface area contributed by atoms with Gasteiger partial charge >= 0.3 is 107 Å². The molecule has 0 heterocycles. The molecule has 34 nitrogen and oxygen atoms in total. The van der Waals surface area contributed by atoms with Gasteiger partial charge in [0.05, 0.1) is 107 Å². The fourth-order valence-electron chi connectivity index (χ4n) is 8.95. The Hall–Kier alpha value is -11.5. The van der Waals surface area contributed by atoms with Crippen molar-refractivity contribution in [2.45, 2.75) is 90.9 Å². The summed E-state index contributed by atoms with van der Waals surface area (Å²) >= 11 is 0. The summed E-state index contributed by atoms with van der Waals surface area (Å²) in [4.78, 5) is 236. The van der Waals surface area contributed by atoms with E-state index < -0.39 is 220 Å². The van der Waals surface area contributed by atoms with Crippen molar-refractivity contribution >= 4 is 107 Å². The van der Waals surface area contributed by atoms with Gasteiger partial charge in [0.15, 0.2) is 0 Å². The monoisotopic (exact) mass is 1210 g/mol. The third kappa shape index (κ3) is 14.8. The lowest BCUT2D eigenvalue weighted by Crippen LogP contribution is -2.33. The van der Waals surface area contributed by atoms with Gasteiger partial charge < -0.3 is 80.6 Å². The minimum Gasteiger partial charge on any atom is -0.478 e. The minimum atomic E-state index is -3.13. The third-order valence-electron chi connectivity index (χ3n) is 12.5. The van der Waals surface area contributed by atoms with Crippen molar-refractivity contribution in [2.75, 3.05) is 6.61 Å². The lowest BCUT2D eigenvalue weighted by molar-refractivity contribution is 0.0338. The molecule has 0 saturated heterocycles. The molecule has 458 valence electrons. The van der Waals surface area contributed by atoms with E-state index in [9.17, 15) is 153 Å². The Morgan fingerprint density at radius 1 is 0.256 bits per heavy atom. The number of hydrogen-bond acceptors (Lipinski definition) is 21. The Labute approximate surface area is 477 Å². The maximum Gasteiger partial charge on any atom is 0.347 e. The van der Waals surface area contributed by atoms with Gasteiger partial charge in [0.1, 0.15) is 0 Å². The molecule has 3 rings (SSSR count). The first-order valence-electron chi connectivity index (χ1n) is 24.5. The van der Waals surface area contributed by atoms with Gasteiger partial charge in [0, 0.05) is 0 Å². The summed E-state index contributed by atoms with van der Waals surface area (Å²) in [5.41, 5.74) is -42.3. The number of ether oxygens (including phenoxy) is 3. The largest absolute Gasteiger partial charge is 0.478 e. The van der Waals surface area contributed by atoms with Crippen molar-refractivity contribution in [3.8, 4) is 0 Å². The number of unbranched alkanes of at least 4 members (excludes halogenated alkanes) is 10. The van der Waals surface area contributed by atoms with E-state index in [0.717, 1.165) is 51.4 Å². The van der Waals surface area contributed by atoms with Gasteiger partial charge in [-0.15, -0.1) is 0 Å². The van der Waals surface area contributed by atoms with E-state index in [1.807, 2.05) is 0 Å². The summed E-state index contributed by atoms with van der Waals surface area (Å²) in [5.74, 6) is -52.1. The number of rotatable bonds is 32. The summed E-state index contributed by atoms with van der Waals surface area (Å²) < 4.78 is 14.0. The number of hydrogen-bond donors (Lipinski definition) is 13. The third-order valence-corrected chi connectivity index (χ3v) is 12.5. The Morgan fingerprint density at radius 2 is 0.419 bits per heavy atom. The van der Waals surface area contributed by atoms with Gasteiger partial charge in [-0.2, -0.15) is 0 Å². The van der Waals surface area contributed by atoms with Crippen molar-refractivity contribution in [1.29, 1.82) is 0 Å². The quantitative estimate of drug-likeness (QED) is 0.0164. The molecule has 0 bridgehead atoms. The zero-order valence-corrected chi connectivity index (χ0v) is 44.2. The van der Waals surface area contributed by atoms with Crippen LogP contribution in [0.3, 0.4) is 0 Å². The molecule has 3 aromatic rings. The van der Waals surface area contributed by atoms with Crippen LogP contribution in [0.4, 0.5) is 0 Å². The first-order valence-corrected chi connectivity index (χ1v) is 24.5. The predicted molar refractivity (Wildman–Crippen MR) is 270 cm³/mol. The maximum absolute atomic E-state index is 14.7. The molecule has 86 heavy (non-hydrogen) atoms. The maximum atomic E-state index is 14.7. The molecule has 0 fully saturated rings. The molecule has 3 aromatic carbocycles. The molecule has 0 saturated carbocycles. The summed E-state index contributed by atoms with van der Waals surface area (Å²) in [7, 11) is 0. The summed E-state index contributed by atoms with van der Waals surface area (Å²) in [6.45, 7) is 2.54. The predicted octanol–water partition coefficient (Wildman–Crippen LogP) is 5.25. The normalized spacial score (nSPS) is 11.0. The number of carbonyl (C=O) groups excluding carboxylic acids is 5. The second-order valence-corrected chi connectivity index (χ2v) is 18.1. The van der Waals surface area contributed by atoms with E-state index in [0.29, 0.717) is 19.3 Å². The van der Waals surface area contributed by atoms with Crippen LogP contribution in [0.25, 0.3) is 0 Å². The Morgan fingerprint density at radius 3 is 0.628 bits per heavy atom. The summed E-state index contributed by atoms with van der Waals surface area (Å²) in [6, 6.07) is 0. The van der Waals surface area contributed by atoms with Gasteiger partial charge in [-0.25, -0.2) is 86.3 Å². The molecular formula is C52H46O34. The highest BCUT2D eigenvalue weighted by Gasteiger charge is 2.47. The van der Waals surface area contributed by atoms with Crippen LogP contribution >= 0.6 is 0 Å². The number of esters is 5. The van der Waals surface area contributed by atoms with Crippen molar-refractivity contribution in [3.05, 3.63) is 100 Å². The van der Waals surface area contributed by atoms with Gasteiger partial charge in [0.2, 0.25) is 0 Å². The molecule has 13 N–H and O–H groups in total. The number of carbonyl (C=O) groups is 18. The van der Waals surface area contributed by atoms with E-state index in [2.05, 4.69) is 16.4 Å². The van der Waals surface area contributed by atoms with E-state index in [-0.39, 0.29) is 6.42 Å². The fraction of sp³-hybridized carbons (Fsp3) is 0.308. The Bertz CT molecular complexity index is 3410. The lowest BCUT2D eigenvalue weighted by Gasteiger charge is -2.21. The molecule has 0 radical (unpaired) electrons. The van der Waals surface area contributed by atoms with Gasteiger partial charge in [-0.05, 0) is 12.3 Å². The highest BCUT2D eigenvalue weighted by Crippen LogP contribution is 2.37. The Kier molecular flexibility index (Phi) is 23.2. The average molecular weight is 1210 g/mol. The molecule has 0 aliphatic heterocycles. The number of carboxylic acids is 13. The number of aromatic carboxylic acids is 13. The molecular weight excluding hydrogens is 1170 g/mol. The van der Waals surface area contributed by atoms with Crippen LogP contribution in [0.1, 0.15) is 277 Å². The highest BCUT2D eigenvalue weighted by atomic mass is 16.6. The fourth-order valence-corrected chi connectivity index (χ4v) is 8.95.